The van der Waals surface area contributed by atoms with Gasteiger partial charge in [0.25, 0.3) is 0 Å². The molecule has 0 bridgehead atoms. The molecular formula is C20H33N3O3. The van der Waals surface area contributed by atoms with Crippen molar-refractivity contribution in [1.29, 1.82) is 0 Å². The molecule has 6 nitrogen and oxygen atoms in total. The van der Waals surface area contributed by atoms with Gasteiger partial charge in [0.1, 0.15) is 5.75 Å². The van der Waals surface area contributed by atoms with Crippen molar-refractivity contribution in [3.05, 3.63) is 23.8 Å². The van der Waals surface area contributed by atoms with Gasteiger partial charge < -0.3 is 25.4 Å². The number of benzene rings is 1. The number of amides is 2. The smallest absolute Gasteiger partial charge is 0.319 e. The van der Waals surface area contributed by atoms with E-state index in [-0.39, 0.29) is 17.6 Å². The lowest BCUT2D eigenvalue weighted by atomic mass is 9.87. The molecule has 2 amide bonds. The number of aliphatic hydroxyl groups excluding tert-OH is 1. The first-order valence-corrected chi connectivity index (χ1v) is 9.43. The Morgan fingerprint density at radius 3 is 2.81 bits per heavy atom. The predicted octanol–water partition coefficient (Wildman–Crippen LogP) is 2.96. The van der Waals surface area contributed by atoms with E-state index in [2.05, 4.69) is 36.3 Å². The number of rotatable bonds is 6. The zero-order valence-electron chi connectivity index (χ0n) is 16.5. The second-order valence-corrected chi connectivity index (χ2v) is 8.00. The molecule has 0 unspecified atom stereocenters. The van der Waals surface area contributed by atoms with Crippen molar-refractivity contribution in [2.45, 2.75) is 51.6 Å². The van der Waals surface area contributed by atoms with Crippen molar-refractivity contribution in [2.75, 3.05) is 38.6 Å². The standard InChI is InChI=1S/C20H33N3O3/c1-20(2,3)15-8-9-18(26-4)17(13-15)22-19(25)21-10-6-12-23-11-5-7-16(24)14-23/h8-9,13,16,24H,5-7,10-12,14H2,1-4H3,(H2,21,22,25)/t16-/m1/s1. The number of urea groups is 1. The van der Waals surface area contributed by atoms with Crippen LogP contribution in [0.2, 0.25) is 0 Å². The molecule has 1 saturated heterocycles. The number of β-amino-alcohol motifs (C(OH)–C–C–N with tert-alkyl or cyclic N) is 1. The second kappa shape index (κ2) is 9.24. The van der Waals surface area contributed by atoms with Gasteiger partial charge in [0.2, 0.25) is 0 Å². The first kappa shape index (κ1) is 20.5. The average molecular weight is 364 g/mol. The Hall–Kier alpha value is -1.79. The normalized spacial score (nSPS) is 18.4. The SMILES string of the molecule is COc1ccc(C(C)(C)C)cc1NC(=O)NCCCN1CCC[C@@H](O)C1. The van der Waals surface area contributed by atoms with Crippen molar-refractivity contribution in [2.24, 2.45) is 0 Å². The summed E-state index contributed by atoms with van der Waals surface area (Å²) < 4.78 is 5.36. The van der Waals surface area contributed by atoms with Gasteiger partial charge in [-0.2, -0.15) is 0 Å². The molecule has 1 atom stereocenters. The number of nitrogens with zero attached hydrogens (tertiary/aromatic N) is 1. The van der Waals surface area contributed by atoms with E-state index >= 15 is 0 Å². The van der Waals surface area contributed by atoms with Gasteiger partial charge >= 0.3 is 6.03 Å². The molecular weight excluding hydrogens is 330 g/mol. The molecule has 6 heteroatoms. The van der Waals surface area contributed by atoms with Crippen LogP contribution >= 0.6 is 0 Å². The lowest BCUT2D eigenvalue weighted by Crippen LogP contribution is -2.40. The lowest BCUT2D eigenvalue weighted by Gasteiger charge is -2.29. The third kappa shape index (κ3) is 6.18. The van der Waals surface area contributed by atoms with Crippen LogP contribution in [0.4, 0.5) is 10.5 Å². The molecule has 1 aliphatic rings. The Balaban J connectivity index is 1.81. The van der Waals surface area contributed by atoms with Crippen LogP contribution in [0.25, 0.3) is 0 Å². The first-order chi connectivity index (χ1) is 12.3. The minimum absolute atomic E-state index is 0.00180. The molecule has 0 spiro atoms. The van der Waals surface area contributed by atoms with Crippen LogP contribution < -0.4 is 15.4 Å². The minimum atomic E-state index is -0.229. The summed E-state index contributed by atoms with van der Waals surface area (Å²) in [6.07, 6.45) is 2.59. The van der Waals surface area contributed by atoms with E-state index in [0.29, 0.717) is 18.0 Å². The molecule has 0 aliphatic carbocycles. The number of anilines is 1. The van der Waals surface area contributed by atoms with Crippen LogP contribution in [-0.2, 0) is 5.41 Å². The summed E-state index contributed by atoms with van der Waals surface area (Å²) in [4.78, 5) is 14.5. The molecule has 0 radical (unpaired) electrons. The molecule has 2 rings (SSSR count). The number of hydrogen-bond acceptors (Lipinski definition) is 4. The van der Waals surface area contributed by atoms with E-state index in [9.17, 15) is 9.90 Å². The van der Waals surface area contributed by atoms with Gasteiger partial charge in [-0.1, -0.05) is 26.8 Å². The highest BCUT2D eigenvalue weighted by atomic mass is 16.5. The number of carbonyl (C=O) groups excluding carboxylic acids is 1. The summed E-state index contributed by atoms with van der Waals surface area (Å²) in [7, 11) is 1.60. The summed E-state index contributed by atoms with van der Waals surface area (Å²) >= 11 is 0. The maximum Gasteiger partial charge on any atom is 0.319 e. The predicted molar refractivity (Wildman–Crippen MR) is 105 cm³/mol. The zero-order valence-corrected chi connectivity index (χ0v) is 16.5. The second-order valence-electron chi connectivity index (χ2n) is 8.00. The average Bonchev–Trinajstić information content (AvgIpc) is 2.58. The quantitative estimate of drug-likeness (QED) is 0.680. The van der Waals surface area contributed by atoms with E-state index in [1.807, 2.05) is 18.2 Å². The number of piperidine rings is 1. The van der Waals surface area contributed by atoms with Gasteiger partial charge in [0, 0.05) is 13.1 Å². The van der Waals surface area contributed by atoms with Crippen molar-refractivity contribution in [1.82, 2.24) is 10.2 Å². The molecule has 1 aromatic carbocycles. The Morgan fingerprint density at radius 1 is 1.38 bits per heavy atom. The van der Waals surface area contributed by atoms with Crippen molar-refractivity contribution in [3.8, 4) is 5.75 Å². The van der Waals surface area contributed by atoms with Crippen LogP contribution in [0.5, 0.6) is 5.75 Å². The zero-order chi connectivity index (χ0) is 19.2. The monoisotopic (exact) mass is 363 g/mol. The largest absolute Gasteiger partial charge is 0.495 e. The number of hydrogen-bond donors (Lipinski definition) is 3. The molecule has 1 aliphatic heterocycles. The van der Waals surface area contributed by atoms with Gasteiger partial charge in [-0.15, -0.1) is 0 Å². The fourth-order valence-corrected chi connectivity index (χ4v) is 3.18. The van der Waals surface area contributed by atoms with E-state index < -0.39 is 0 Å². The van der Waals surface area contributed by atoms with Crippen molar-refractivity contribution >= 4 is 11.7 Å². The summed E-state index contributed by atoms with van der Waals surface area (Å²) in [5.74, 6) is 0.649. The van der Waals surface area contributed by atoms with Crippen LogP contribution in [-0.4, -0.2) is 55.4 Å². The molecule has 0 aromatic heterocycles. The fraction of sp³-hybridized carbons (Fsp3) is 0.650. The van der Waals surface area contributed by atoms with Crippen LogP contribution in [0, 0.1) is 0 Å². The van der Waals surface area contributed by atoms with Gasteiger partial charge in [0.15, 0.2) is 0 Å². The topological polar surface area (TPSA) is 73.8 Å². The maximum atomic E-state index is 12.2. The highest BCUT2D eigenvalue weighted by Crippen LogP contribution is 2.31. The van der Waals surface area contributed by atoms with Crippen molar-refractivity contribution in [3.63, 3.8) is 0 Å². The number of nitrogens with one attached hydrogen (secondary N) is 2. The summed E-state index contributed by atoms with van der Waals surface area (Å²) in [6, 6.07) is 5.65. The van der Waals surface area contributed by atoms with E-state index in [0.717, 1.165) is 44.5 Å². The maximum absolute atomic E-state index is 12.2. The molecule has 3 N–H and O–H groups in total. The number of aliphatic hydroxyl groups is 1. The van der Waals surface area contributed by atoms with Gasteiger partial charge in [-0.3, -0.25) is 0 Å². The van der Waals surface area contributed by atoms with E-state index in [1.54, 1.807) is 7.11 Å². The highest BCUT2D eigenvalue weighted by molar-refractivity contribution is 5.91. The number of ether oxygens (including phenoxy) is 1. The Morgan fingerprint density at radius 2 is 2.15 bits per heavy atom. The minimum Gasteiger partial charge on any atom is -0.495 e. The Bertz CT molecular complexity index is 598. The molecule has 1 heterocycles. The highest BCUT2D eigenvalue weighted by Gasteiger charge is 2.18. The Kier molecular flexibility index (Phi) is 7.29. The third-order valence-electron chi connectivity index (χ3n) is 4.73. The summed E-state index contributed by atoms with van der Waals surface area (Å²) in [5, 5.41) is 15.5. The lowest BCUT2D eigenvalue weighted by molar-refractivity contribution is 0.0703. The molecule has 0 saturated carbocycles. The molecule has 146 valence electrons. The van der Waals surface area contributed by atoms with Crippen LogP contribution in [0.3, 0.4) is 0 Å². The number of likely N-dealkylation sites (tertiary alicyclic amines) is 1. The van der Waals surface area contributed by atoms with Gasteiger partial charge in [-0.05, 0) is 55.5 Å². The number of carbonyl (C=O) groups is 1. The van der Waals surface area contributed by atoms with Gasteiger partial charge in [-0.25, -0.2) is 4.79 Å². The molecule has 1 fully saturated rings. The van der Waals surface area contributed by atoms with Crippen LogP contribution in [0.15, 0.2) is 18.2 Å². The first-order valence-electron chi connectivity index (χ1n) is 9.43. The van der Waals surface area contributed by atoms with Gasteiger partial charge in [0.05, 0.1) is 18.9 Å². The third-order valence-corrected chi connectivity index (χ3v) is 4.73. The van der Waals surface area contributed by atoms with E-state index in [4.69, 9.17) is 4.74 Å². The number of methoxy groups -OCH3 is 1. The van der Waals surface area contributed by atoms with Crippen LogP contribution in [0.1, 0.15) is 45.6 Å². The fourth-order valence-electron chi connectivity index (χ4n) is 3.18. The molecule has 1 aromatic rings. The summed E-state index contributed by atoms with van der Waals surface area (Å²) in [6.45, 7) is 9.66. The van der Waals surface area contributed by atoms with Crippen molar-refractivity contribution < 1.29 is 14.6 Å². The van der Waals surface area contributed by atoms with E-state index in [1.165, 1.54) is 0 Å². The molecule has 26 heavy (non-hydrogen) atoms. The Labute approximate surface area is 156 Å². The summed E-state index contributed by atoms with van der Waals surface area (Å²) in [5.41, 5.74) is 1.81.